The third kappa shape index (κ3) is 3.86. The summed E-state index contributed by atoms with van der Waals surface area (Å²) in [7, 11) is 0. The van der Waals surface area contributed by atoms with Crippen LogP contribution >= 0.6 is 0 Å². The van der Waals surface area contributed by atoms with E-state index in [9.17, 15) is 9.18 Å². The highest BCUT2D eigenvalue weighted by molar-refractivity contribution is 6.04. The molecule has 0 aliphatic rings. The standard InChI is InChI=1S/C22H18FN3O2/c1-15-5-10-19(23)20(12-15)25-22(27)16-6-8-18(9-7-16)28-14-17-13-26-11-3-2-4-21(26)24-17/h2-13H,14H2,1H3,(H,25,27). The fourth-order valence-electron chi connectivity index (χ4n) is 2.85. The first kappa shape index (κ1) is 17.7. The van der Waals surface area contributed by atoms with Gasteiger partial charge in [-0.3, -0.25) is 4.79 Å². The van der Waals surface area contributed by atoms with E-state index >= 15 is 0 Å². The number of pyridine rings is 1. The van der Waals surface area contributed by atoms with Gasteiger partial charge < -0.3 is 14.5 Å². The Hall–Kier alpha value is -3.67. The first-order chi connectivity index (χ1) is 13.6. The molecule has 0 aliphatic heterocycles. The van der Waals surface area contributed by atoms with Gasteiger partial charge in [-0.2, -0.15) is 0 Å². The Labute approximate surface area is 161 Å². The fourth-order valence-corrected chi connectivity index (χ4v) is 2.85. The highest BCUT2D eigenvalue weighted by Crippen LogP contribution is 2.19. The number of anilines is 1. The molecule has 0 saturated carbocycles. The molecule has 5 nitrogen and oxygen atoms in total. The van der Waals surface area contributed by atoms with E-state index in [0.717, 1.165) is 16.9 Å². The average molecular weight is 375 g/mol. The summed E-state index contributed by atoms with van der Waals surface area (Å²) in [4.78, 5) is 16.8. The lowest BCUT2D eigenvalue weighted by molar-refractivity contribution is 0.102. The lowest BCUT2D eigenvalue weighted by Crippen LogP contribution is -2.13. The number of carbonyl (C=O) groups excluding carboxylic acids is 1. The summed E-state index contributed by atoms with van der Waals surface area (Å²) in [6.07, 6.45) is 3.84. The number of benzene rings is 2. The molecule has 1 N–H and O–H groups in total. The number of ether oxygens (including phenoxy) is 1. The maximum atomic E-state index is 13.8. The summed E-state index contributed by atoms with van der Waals surface area (Å²) < 4.78 is 21.5. The number of imidazole rings is 1. The van der Waals surface area contributed by atoms with Crippen LogP contribution in [0.5, 0.6) is 5.75 Å². The Kier molecular flexibility index (Phi) is 4.76. The Morgan fingerprint density at radius 3 is 2.75 bits per heavy atom. The van der Waals surface area contributed by atoms with Crippen LogP contribution in [-0.4, -0.2) is 15.3 Å². The quantitative estimate of drug-likeness (QED) is 0.554. The molecule has 0 saturated heterocycles. The zero-order chi connectivity index (χ0) is 19.5. The number of rotatable bonds is 5. The molecule has 2 aromatic carbocycles. The monoisotopic (exact) mass is 375 g/mol. The molecule has 4 aromatic rings. The molecule has 2 heterocycles. The van der Waals surface area contributed by atoms with E-state index in [0.29, 0.717) is 17.9 Å². The summed E-state index contributed by atoms with van der Waals surface area (Å²) >= 11 is 0. The number of hydrogen-bond acceptors (Lipinski definition) is 3. The highest BCUT2D eigenvalue weighted by atomic mass is 19.1. The molecule has 4 rings (SSSR count). The van der Waals surface area contributed by atoms with Crippen LogP contribution in [0.2, 0.25) is 0 Å². The molecule has 0 radical (unpaired) electrons. The molecule has 0 aliphatic carbocycles. The maximum absolute atomic E-state index is 13.8. The van der Waals surface area contributed by atoms with Crippen LogP contribution in [0.15, 0.2) is 73.1 Å². The van der Waals surface area contributed by atoms with E-state index in [1.54, 1.807) is 36.4 Å². The molecular weight excluding hydrogens is 357 g/mol. The van der Waals surface area contributed by atoms with Crippen molar-refractivity contribution < 1.29 is 13.9 Å². The fraction of sp³-hybridized carbons (Fsp3) is 0.0909. The molecule has 140 valence electrons. The van der Waals surface area contributed by atoms with Gasteiger partial charge in [0.1, 0.15) is 23.8 Å². The van der Waals surface area contributed by atoms with Crippen LogP contribution in [0.1, 0.15) is 21.6 Å². The van der Waals surface area contributed by atoms with Crippen molar-refractivity contribution in [1.29, 1.82) is 0 Å². The van der Waals surface area contributed by atoms with Gasteiger partial charge in [0.2, 0.25) is 0 Å². The van der Waals surface area contributed by atoms with Crippen LogP contribution in [0.3, 0.4) is 0 Å². The number of aryl methyl sites for hydroxylation is 1. The normalized spacial score (nSPS) is 10.8. The number of hydrogen-bond donors (Lipinski definition) is 1. The SMILES string of the molecule is Cc1ccc(F)c(NC(=O)c2ccc(OCc3cn4ccccc4n3)cc2)c1. The van der Waals surface area contributed by atoms with Crippen molar-refractivity contribution >= 4 is 17.2 Å². The Morgan fingerprint density at radius 1 is 1.14 bits per heavy atom. The summed E-state index contributed by atoms with van der Waals surface area (Å²) in [5.74, 6) is -0.224. The second-order valence-electron chi connectivity index (χ2n) is 6.45. The van der Waals surface area contributed by atoms with Crippen molar-refractivity contribution in [3.63, 3.8) is 0 Å². The van der Waals surface area contributed by atoms with Crippen LogP contribution in [-0.2, 0) is 6.61 Å². The van der Waals surface area contributed by atoms with Crippen molar-refractivity contribution in [2.24, 2.45) is 0 Å². The van der Waals surface area contributed by atoms with Crippen molar-refractivity contribution in [3.8, 4) is 5.75 Å². The summed E-state index contributed by atoms with van der Waals surface area (Å²) in [6.45, 7) is 2.16. The molecule has 1 amide bonds. The van der Waals surface area contributed by atoms with Gasteiger partial charge in [-0.25, -0.2) is 9.37 Å². The number of aromatic nitrogens is 2. The number of fused-ring (bicyclic) bond motifs is 1. The topological polar surface area (TPSA) is 55.6 Å². The molecule has 28 heavy (non-hydrogen) atoms. The molecule has 0 spiro atoms. The lowest BCUT2D eigenvalue weighted by atomic mass is 10.1. The summed E-state index contributed by atoms with van der Waals surface area (Å²) in [5.41, 5.74) is 3.12. The number of nitrogens with one attached hydrogen (secondary N) is 1. The van der Waals surface area contributed by atoms with Gasteiger partial charge in [-0.1, -0.05) is 12.1 Å². The molecule has 0 fully saturated rings. The smallest absolute Gasteiger partial charge is 0.255 e. The Morgan fingerprint density at radius 2 is 1.96 bits per heavy atom. The molecule has 0 bridgehead atoms. The molecular formula is C22H18FN3O2. The Balaban J connectivity index is 1.40. The minimum Gasteiger partial charge on any atom is -0.487 e. The predicted molar refractivity (Wildman–Crippen MR) is 105 cm³/mol. The first-order valence-electron chi connectivity index (χ1n) is 8.81. The zero-order valence-corrected chi connectivity index (χ0v) is 15.2. The number of halogens is 1. The average Bonchev–Trinajstić information content (AvgIpc) is 3.12. The van der Waals surface area contributed by atoms with E-state index in [-0.39, 0.29) is 11.6 Å². The second kappa shape index (κ2) is 7.52. The van der Waals surface area contributed by atoms with Gasteiger partial charge in [-0.05, 0) is 61.0 Å². The van der Waals surface area contributed by atoms with E-state index < -0.39 is 5.82 Å². The molecule has 0 unspecified atom stereocenters. The molecule has 6 heteroatoms. The largest absolute Gasteiger partial charge is 0.487 e. The maximum Gasteiger partial charge on any atom is 0.255 e. The van der Waals surface area contributed by atoms with Gasteiger partial charge in [0.25, 0.3) is 5.91 Å². The van der Waals surface area contributed by atoms with Crippen molar-refractivity contribution in [1.82, 2.24) is 9.38 Å². The summed E-state index contributed by atoms with van der Waals surface area (Å²) in [6, 6.07) is 17.1. The third-order valence-electron chi connectivity index (χ3n) is 4.29. The van der Waals surface area contributed by atoms with Gasteiger partial charge in [0, 0.05) is 18.0 Å². The lowest BCUT2D eigenvalue weighted by Gasteiger charge is -2.08. The van der Waals surface area contributed by atoms with E-state index in [2.05, 4.69) is 10.3 Å². The van der Waals surface area contributed by atoms with Gasteiger partial charge in [0.15, 0.2) is 0 Å². The number of nitrogens with zero attached hydrogens (tertiary/aromatic N) is 2. The van der Waals surface area contributed by atoms with Crippen molar-refractivity contribution in [2.45, 2.75) is 13.5 Å². The first-order valence-corrected chi connectivity index (χ1v) is 8.81. The second-order valence-corrected chi connectivity index (χ2v) is 6.45. The van der Waals surface area contributed by atoms with Gasteiger partial charge in [0.05, 0.1) is 11.4 Å². The summed E-state index contributed by atoms with van der Waals surface area (Å²) in [5, 5.41) is 2.59. The van der Waals surface area contributed by atoms with Gasteiger partial charge >= 0.3 is 0 Å². The van der Waals surface area contributed by atoms with Crippen molar-refractivity contribution in [2.75, 3.05) is 5.32 Å². The minimum atomic E-state index is -0.466. The minimum absolute atomic E-state index is 0.164. The number of carbonyl (C=O) groups is 1. The highest BCUT2D eigenvalue weighted by Gasteiger charge is 2.10. The van der Waals surface area contributed by atoms with Gasteiger partial charge in [-0.15, -0.1) is 0 Å². The van der Waals surface area contributed by atoms with E-state index in [1.807, 2.05) is 41.9 Å². The molecule has 2 aromatic heterocycles. The predicted octanol–water partition coefficient (Wildman–Crippen LogP) is 4.61. The van der Waals surface area contributed by atoms with Crippen molar-refractivity contribution in [3.05, 3.63) is 95.7 Å². The zero-order valence-electron chi connectivity index (χ0n) is 15.2. The van der Waals surface area contributed by atoms with E-state index in [4.69, 9.17) is 4.74 Å². The van der Waals surface area contributed by atoms with Crippen LogP contribution in [0.25, 0.3) is 5.65 Å². The van der Waals surface area contributed by atoms with Crippen LogP contribution in [0, 0.1) is 12.7 Å². The van der Waals surface area contributed by atoms with E-state index in [1.165, 1.54) is 6.07 Å². The van der Waals surface area contributed by atoms with Crippen LogP contribution in [0.4, 0.5) is 10.1 Å². The molecule has 0 atom stereocenters. The Bertz CT molecular complexity index is 1100. The third-order valence-corrected chi connectivity index (χ3v) is 4.29. The number of amides is 1. The van der Waals surface area contributed by atoms with Crippen LogP contribution < -0.4 is 10.1 Å².